The van der Waals surface area contributed by atoms with E-state index in [9.17, 15) is 5.11 Å². The lowest BCUT2D eigenvalue weighted by Crippen LogP contribution is -2.63. The topological polar surface area (TPSA) is 57.2 Å². The first-order chi connectivity index (χ1) is 11.7. The second-order valence-corrected chi connectivity index (χ2v) is 10.6. The summed E-state index contributed by atoms with van der Waals surface area (Å²) < 4.78 is 25.5. The van der Waals surface area contributed by atoms with Crippen molar-refractivity contribution < 1.29 is 24.1 Å². The van der Waals surface area contributed by atoms with Gasteiger partial charge in [-0.25, -0.2) is 0 Å². The molecule has 1 N–H and O–H groups in total. The van der Waals surface area contributed by atoms with Crippen LogP contribution < -0.4 is 0 Å². The van der Waals surface area contributed by atoms with Crippen molar-refractivity contribution in [2.45, 2.75) is 76.7 Å². The van der Waals surface area contributed by atoms with Crippen LogP contribution in [0.5, 0.6) is 0 Å². The van der Waals surface area contributed by atoms with Crippen LogP contribution in [0.25, 0.3) is 0 Å². The molecule has 6 aliphatic rings. The summed E-state index contributed by atoms with van der Waals surface area (Å²) in [5.74, 6) is 0.529. The van der Waals surface area contributed by atoms with E-state index in [1.165, 1.54) is 0 Å². The Morgan fingerprint density at radius 3 is 2.64 bits per heavy atom. The van der Waals surface area contributed by atoms with Crippen molar-refractivity contribution in [3.63, 3.8) is 0 Å². The largest absolute Gasteiger partial charge is 0.384 e. The molecule has 5 unspecified atom stereocenters. The summed E-state index contributed by atoms with van der Waals surface area (Å²) in [6, 6.07) is 0. The van der Waals surface area contributed by atoms with Crippen molar-refractivity contribution in [1.82, 2.24) is 0 Å². The minimum Gasteiger partial charge on any atom is -0.384 e. The molecule has 2 saturated carbocycles. The van der Waals surface area contributed by atoms with E-state index in [2.05, 4.69) is 27.7 Å². The first-order valence-electron chi connectivity index (χ1n) is 9.99. The van der Waals surface area contributed by atoms with Gasteiger partial charge >= 0.3 is 0 Å². The van der Waals surface area contributed by atoms with Gasteiger partial charge in [0.25, 0.3) is 0 Å². The maximum atomic E-state index is 11.9. The van der Waals surface area contributed by atoms with Gasteiger partial charge in [-0.2, -0.15) is 0 Å². The maximum Gasteiger partial charge on any atom is 0.165 e. The highest BCUT2D eigenvalue weighted by Gasteiger charge is 2.94. The van der Waals surface area contributed by atoms with Gasteiger partial charge in [0, 0.05) is 16.7 Å². The molecule has 4 aliphatic heterocycles. The summed E-state index contributed by atoms with van der Waals surface area (Å²) in [5, 5.41) is 11.9. The van der Waals surface area contributed by atoms with Gasteiger partial charge in [0.1, 0.15) is 11.2 Å². The molecule has 5 nitrogen and oxygen atoms in total. The molecule has 6 fully saturated rings. The van der Waals surface area contributed by atoms with Crippen LogP contribution in [-0.4, -0.2) is 54.6 Å². The Hall–Kier alpha value is -0.200. The monoisotopic (exact) mass is 350 g/mol. The molecule has 2 spiro atoms. The summed E-state index contributed by atoms with van der Waals surface area (Å²) in [5.41, 5.74) is -1.71. The van der Waals surface area contributed by atoms with Gasteiger partial charge in [-0.15, -0.1) is 0 Å². The zero-order chi connectivity index (χ0) is 17.5. The van der Waals surface area contributed by atoms with E-state index >= 15 is 0 Å². The fourth-order valence-corrected chi connectivity index (χ4v) is 8.44. The molecule has 0 aromatic rings. The zero-order valence-electron chi connectivity index (χ0n) is 15.7. The summed E-state index contributed by atoms with van der Waals surface area (Å²) >= 11 is 0. The van der Waals surface area contributed by atoms with Crippen molar-refractivity contribution >= 4 is 0 Å². The molecule has 4 heterocycles. The van der Waals surface area contributed by atoms with Crippen molar-refractivity contribution in [3.05, 3.63) is 0 Å². The third-order valence-corrected chi connectivity index (χ3v) is 9.16. The molecule has 140 valence electrons. The predicted octanol–water partition coefficient (Wildman–Crippen LogP) is 2.11. The highest BCUT2D eigenvalue weighted by Crippen LogP contribution is 2.84. The van der Waals surface area contributed by atoms with Crippen molar-refractivity contribution in [2.24, 2.45) is 28.1 Å². The SMILES string of the molecule is C[C@@H]1COC2CC34C5C[C@@H](C(C)(C)C)C36CCO[C@H]6OC4(CO5)[C@]21O. The zero-order valence-corrected chi connectivity index (χ0v) is 15.7. The van der Waals surface area contributed by atoms with Crippen LogP contribution in [0, 0.1) is 28.1 Å². The van der Waals surface area contributed by atoms with E-state index in [-0.39, 0.29) is 40.7 Å². The number of ether oxygens (including phenoxy) is 4. The second kappa shape index (κ2) is 4.12. The fraction of sp³-hybridized carbons (Fsp3) is 1.00. The number of hydrogen-bond acceptors (Lipinski definition) is 5. The van der Waals surface area contributed by atoms with Crippen LogP contribution >= 0.6 is 0 Å². The van der Waals surface area contributed by atoms with E-state index < -0.39 is 11.2 Å². The fourth-order valence-electron chi connectivity index (χ4n) is 8.44. The maximum absolute atomic E-state index is 11.9. The molecule has 0 amide bonds. The molecular formula is C20H30O5. The summed E-state index contributed by atoms with van der Waals surface area (Å²) in [6.45, 7) is 10.9. The average molecular weight is 350 g/mol. The highest BCUT2D eigenvalue weighted by molar-refractivity contribution is 5.39. The van der Waals surface area contributed by atoms with Crippen LogP contribution in [-0.2, 0) is 18.9 Å². The lowest BCUT2D eigenvalue weighted by molar-refractivity contribution is -0.244. The van der Waals surface area contributed by atoms with Crippen LogP contribution in [0.2, 0.25) is 0 Å². The van der Waals surface area contributed by atoms with Gasteiger partial charge in [-0.3, -0.25) is 0 Å². The van der Waals surface area contributed by atoms with Gasteiger partial charge in [-0.1, -0.05) is 27.7 Å². The molecule has 6 rings (SSSR count). The van der Waals surface area contributed by atoms with Gasteiger partial charge in [-0.05, 0) is 30.6 Å². The van der Waals surface area contributed by atoms with Gasteiger partial charge in [0.15, 0.2) is 6.29 Å². The molecule has 0 radical (unpaired) electrons. The third kappa shape index (κ3) is 1.26. The average Bonchev–Trinajstić information content (AvgIpc) is 3.26. The van der Waals surface area contributed by atoms with E-state index in [1.807, 2.05) is 0 Å². The Balaban J connectivity index is 1.62. The minimum absolute atomic E-state index is 0.0591. The summed E-state index contributed by atoms with van der Waals surface area (Å²) in [4.78, 5) is 0. The van der Waals surface area contributed by atoms with Crippen molar-refractivity contribution in [1.29, 1.82) is 0 Å². The van der Waals surface area contributed by atoms with Crippen LogP contribution in [0.15, 0.2) is 0 Å². The minimum atomic E-state index is -0.963. The Kier molecular flexibility index (Phi) is 2.61. The molecule has 25 heavy (non-hydrogen) atoms. The molecular weight excluding hydrogens is 320 g/mol. The Labute approximate surface area is 149 Å². The first kappa shape index (κ1) is 15.8. The third-order valence-electron chi connectivity index (χ3n) is 9.16. The highest BCUT2D eigenvalue weighted by atomic mass is 16.7. The van der Waals surface area contributed by atoms with Crippen LogP contribution in [0.3, 0.4) is 0 Å². The van der Waals surface area contributed by atoms with Crippen molar-refractivity contribution in [3.8, 4) is 0 Å². The number of fused-ring (bicyclic) bond motifs is 1. The molecule has 0 aromatic heterocycles. The molecule has 4 saturated heterocycles. The molecule has 5 heteroatoms. The lowest BCUT2D eigenvalue weighted by atomic mass is 9.52. The molecule has 2 aliphatic carbocycles. The number of rotatable bonds is 0. The predicted molar refractivity (Wildman–Crippen MR) is 88.8 cm³/mol. The number of aliphatic hydroxyl groups is 1. The smallest absolute Gasteiger partial charge is 0.165 e. The van der Waals surface area contributed by atoms with E-state index in [0.717, 1.165) is 25.9 Å². The van der Waals surface area contributed by atoms with Gasteiger partial charge in [0.05, 0.1) is 32.0 Å². The molecule has 9 atom stereocenters. The van der Waals surface area contributed by atoms with Crippen LogP contribution in [0.1, 0.15) is 47.0 Å². The second-order valence-electron chi connectivity index (χ2n) is 10.6. The van der Waals surface area contributed by atoms with Gasteiger partial charge in [0.2, 0.25) is 0 Å². The summed E-state index contributed by atoms with van der Waals surface area (Å²) in [7, 11) is 0. The quantitative estimate of drug-likeness (QED) is 0.725. The lowest BCUT2D eigenvalue weighted by Gasteiger charge is -2.47. The summed E-state index contributed by atoms with van der Waals surface area (Å²) in [6.07, 6.45) is 2.72. The van der Waals surface area contributed by atoms with E-state index in [1.54, 1.807) is 0 Å². The Bertz CT molecular complexity index is 644. The standard InChI is InChI=1S/C20H30O5/c1-11-9-23-14-8-18-13-7-12(16(2,3)4)17(18)5-6-22-15(17)25-19(18,10-24-13)20(11,14)21/h11-15,21H,5-10H2,1-4H3/t11-,12+,13?,14?,15+,17?,18?,19?,20-/m1/s1. The first-order valence-corrected chi connectivity index (χ1v) is 9.99. The molecule has 0 aromatic carbocycles. The van der Waals surface area contributed by atoms with Crippen molar-refractivity contribution in [2.75, 3.05) is 19.8 Å². The van der Waals surface area contributed by atoms with E-state index in [4.69, 9.17) is 18.9 Å². The Morgan fingerprint density at radius 1 is 1.08 bits per heavy atom. The Morgan fingerprint density at radius 2 is 1.88 bits per heavy atom. The normalized spacial score (nSPS) is 64.4. The molecule has 0 bridgehead atoms. The number of hydrogen-bond donors (Lipinski definition) is 1. The van der Waals surface area contributed by atoms with Gasteiger partial charge < -0.3 is 24.1 Å². The van der Waals surface area contributed by atoms with E-state index in [0.29, 0.717) is 19.1 Å². The van der Waals surface area contributed by atoms with Crippen LogP contribution in [0.4, 0.5) is 0 Å².